The molecule has 0 aliphatic carbocycles. The molecule has 1 amide bonds. The molecule has 1 aliphatic heterocycles. The zero-order valence-corrected chi connectivity index (χ0v) is 12.7. The number of halogens is 1. The number of aromatic nitrogens is 2. The standard InChI is InChI=1S/C16H12ClN3O3/c17-11-7-10(8-14-15(11)23-6-5-22-14)16(21)19-20-9-18-12-3-1-2-4-13(12)20/h1-4,7-9H,5-6H2,(H,19,21). The van der Waals surface area contributed by atoms with Crippen molar-refractivity contribution in [2.75, 3.05) is 18.6 Å². The molecule has 116 valence electrons. The first-order valence-corrected chi connectivity index (χ1v) is 7.43. The quantitative estimate of drug-likeness (QED) is 0.785. The van der Waals surface area contributed by atoms with Crippen molar-refractivity contribution in [2.45, 2.75) is 0 Å². The first kappa shape index (κ1) is 13.9. The fourth-order valence-electron chi connectivity index (χ4n) is 2.46. The molecule has 0 radical (unpaired) electrons. The highest BCUT2D eigenvalue weighted by Crippen LogP contribution is 2.38. The minimum atomic E-state index is -0.313. The van der Waals surface area contributed by atoms with Crippen LogP contribution in [-0.4, -0.2) is 28.8 Å². The summed E-state index contributed by atoms with van der Waals surface area (Å²) >= 11 is 6.16. The summed E-state index contributed by atoms with van der Waals surface area (Å²) in [5, 5.41) is 0.350. The lowest BCUT2D eigenvalue weighted by atomic mass is 10.2. The Morgan fingerprint density at radius 3 is 2.96 bits per heavy atom. The highest BCUT2D eigenvalue weighted by atomic mass is 35.5. The molecule has 0 atom stereocenters. The Balaban J connectivity index is 1.66. The Bertz CT molecular complexity index is 907. The van der Waals surface area contributed by atoms with Gasteiger partial charge in [0.05, 0.1) is 16.1 Å². The van der Waals surface area contributed by atoms with Crippen LogP contribution in [0.1, 0.15) is 10.4 Å². The minimum Gasteiger partial charge on any atom is -0.486 e. The monoisotopic (exact) mass is 329 g/mol. The zero-order valence-electron chi connectivity index (χ0n) is 12.0. The summed E-state index contributed by atoms with van der Waals surface area (Å²) in [6.45, 7) is 0.875. The van der Waals surface area contributed by atoms with Gasteiger partial charge in [-0.2, -0.15) is 0 Å². The average molecular weight is 330 g/mol. The largest absolute Gasteiger partial charge is 0.486 e. The van der Waals surface area contributed by atoms with Crippen LogP contribution >= 0.6 is 11.6 Å². The number of amides is 1. The van der Waals surface area contributed by atoms with Gasteiger partial charge in [-0.25, -0.2) is 9.66 Å². The second-order valence-corrected chi connectivity index (χ2v) is 5.43. The number of carbonyl (C=O) groups excluding carboxylic acids is 1. The number of rotatable bonds is 2. The lowest BCUT2D eigenvalue weighted by Gasteiger charge is -2.20. The Kier molecular flexibility index (Phi) is 3.31. The number of nitrogens with zero attached hydrogens (tertiary/aromatic N) is 2. The van der Waals surface area contributed by atoms with Gasteiger partial charge in [-0.3, -0.25) is 10.2 Å². The molecule has 0 saturated heterocycles. The van der Waals surface area contributed by atoms with E-state index in [2.05, 4.69) is 10.4 Å². The molecule has 1 N–H and O–H groups in total. The van der Waals surface area contributed by atoms with Crippen LogP contribution in [0.25, 0.3) is 11.0 Å². The van der Waals surface area contributed by atoms with Crippen molar-refractivity contribution in [1.82, 2.24) is 9.66 Å². The van der Waals surface area contributed by atoms with E-state index in [0.717, 1.165) is 11.0 Å². The van der Waals surface area contributed by atoms with E-state index >= 15 is 0 Å². The van der Waals surface area contributed by atoms with Gasteiger partial charge in [0, 0.05) is 5.56 Å². The van der Waals surface area contributed by atoms with Crippen LogP contribution in [0.5, 0.6) is 11.5 Å². The van der Waals surface area contributed by atoms with Gasteiger partial charge < -0.3 is 9.47 Å². The van der Waals surface area contributed by atoms with Gasteiger partial charge in [-0.1, -0.05) is 23.7 Å². The number of ether oxygens (including phenoxy) is 2. The van der Waals surface area contributed by atoms with Crippen molar-refractivity contribution >= 4 is 28.5 Å². The van der Waals surface area contributed by atoms with Crippen LogP contribution in [-0.2, 0) is 0 Å². The number of fused-ring (bicyclic) bond motifs is 2. The molecule has 7 heteroatoms. The number of hydrogen-bond donors (Lipinski definition) is 1. The fraction of sp³-hybridized carbons (Fsp3) is 0.125. The SMILES string of the molecule is O=C(Nn1cnc2ccccc21)c1cc(Cl)c2c(c1)OCCO2. The summed E-state index contributed by atoms with van der Waals surface area (Å²) in [5.41, 5.74) is 4.77. The van der Waals surface area contributed by atoms with Crippen molar-refractivity contribution in [2.24, 2.45) is 0 Å². The third kappa shape index (κ3) is 2.47. The summed E-state index contributed by atoms with van der Waals surface area (Å²) in [4.78, 5) is 16.7. The van der Waals surface area contributed by atoms with Crippen molar-refractivity contribution < 1.29 is 14.3 Å². The third-order valence-electron chi connectivity index (χ3n) is 3.53. The first-order chi connectivity index (χ1) is 11.2. The molecule has 0 unspecified atom stereocenters. The van der Waals surface area contributed by atoms with E-state index in [1.807, 2.05) is 24.3 Å². The Morgan fingerprint density at radius 2 is 2.04 bits per heavy atom. The molecule has 6 nitrogen and oxygen atoms in total. The van der Waals surface area contributed by atoms with Crippen LogP contribution in [0, 0.1) is 0 Å². The normalized spacial score (nSPS) is 13.1. The molecule has 2 aromatic carbocycles. The maximum Gasteiger partial charge on any atom is 0.270 e. The van der Waals surface area contributed by atoms with E-state index in [-0.39, 0.29) is 5.91 Å². The molecule has 0 saturated carbocycles. The Labute approximate surface area is 136 Å². The van der Waals surface area contributed by atoms with Crippen molar-refractivity contribution in [3.05, 3.63) is 53.3 Å². The molecule has 2 heterocycles. The van der Waals surface area contributed by atoms with Gasteiger partial charge in [0.25, 0.3) is 5.91 Å². The maximum atomic E-state index is 12.5. The van der Waals surface area contributed by atoms with E-state index in [1.54, 1.807) is 23.1 Å². The van der Waals surface area contributed by atoms with E-state index < -0.39 is 0 Å². The van der Waals surface area contributed by atoms with Crippen LogP contribution < -0.4 is 14.9 Å². The summed E-state index contributed by atoms with van der Waals surface area (Å²) in [6.07, 6.45) is 1.56. The topological polar surface area (TPSA) is 65.4 Å². The fourth-order valence-corrected chi connectivity index (χ4v) is 2.73. The highest BCUT2D eigenvalue weighted by molar-refractivity contribution is 6.32. The van der Waals surface area contributed by atoms with Gasteiger partial charge in [-0.05, 0) is 24.3 Å². The molecule has 0 bridgehead atoms. The molecular formula is C16H12ClN3O3. The minimum absolute atomic E-state index is 0.313. The molecule has 0 fully saturated rings. The zero-order chi connectivity index (χ0) is 15.8. The molecule has 4 rings (SSSR count). The molecule has 1 aliphatic rings. The van der Waals surface area contributed by atoms with Gasteiger partial charge >= 0.3 is 0 Å². The lowest BCUT2D eigenvalue weighted by Crippen LogP contribution is -2.23. The second kappa shape index (κ2) is 5.48. The predicted octanol–water partition coefficient (Wildman–Crippen LogP) is 2.84. The van der Waals surface area contributed by atoms with E-state index in [0.29, 0.717) is 35.3 Å². The van der Waals surface area contributed by atoms with E-state index in [4.69, 9.17) is 21.1 Å². The van der Waals surface area contributed by atoms with Gasteiger partial charge in [0.15, 0.2) is 11.5 Å². The molecule has 1 aromatic heterocycles. The Morgan fingerprint density at radius 1 is 1.22 bits per heavy atom. The van der Waals surface area contributed by atoms with Crippen LogP contribution in [0.4, 0.5) is 0 Å². The van der Waals surface area contributed by atoms with Gasteiger partial charge in [0.2, 0.25) is 0 Å². The van der Waals surface area contributed by atoms with Crippen molar-refractivity contribution in [3.63, 3.8) is 0 Å². The smallest absolute Gasteiger partial charge is 0.270 e. The summed E-state index contributed by atoms with van der Waals surface area (Å²) < 4.78 is 12.5. The number of hydrogen-bond acceptors (Lipinski definition) is 4. The van der Waals surface area contributed by atoms with Crippen molar-refractivity contribution in [1.29, 1.82) is 0 Å². The molecule has 3 aromatic rings. The van der Waals surface area contributed by atoms with Crippen LogP contribution in [0.2, 0.25) is 5.02 Å². The molecular weight excluding hydrogens is 318 g/mol. The number of para-hydroxylation sites is 2. The van der Waals surface area contributed by atoms with Crippen molar-refractivity contribution in [3.8, 4) is 11.5 Å². The third-order valence-corrected chi connectivity index (χ3v) is 3.82. The number of carbonyl (C=O) groups is 1. The summed E-state index contributed by atoms with van der Waals surface area (Å²) in [5.74, 6) is 0.638. The van der Waals surface area contributed by atoms with E-state index in [1.165, 1.54) is 0 Å². The van der Waals surface area contributed by atoms with Crippen LogP contribution in [0.15, 0.2) is 42.7 Å². The lowest BCUT2D eigenvalue weighted by molar-refractivity contribution is 0.101. The Hall–Kier alpha value is -2.73. The number of benzene rings is 2. The summed E-state index contributed by atoms with van der Waals surface area (Å²) in [7, 11) is 0. The number of nitrogens with one attached hydrogen (secondary N) is 1. The van der Waals surface area contributed by atoms with Crippen LogP contribution in [0.3, 0.4) is 0 Å². The highest BCUT2D eigenvalue weighted by Gasteiger charge is 2.19. The molecule has 23 heavy (non-hydrogen) atoms. The maximum absolute atomic E-state index is 12.5. The first-order valence-electron chi connectivity index (χ1n) is 7.05. The number of imidazole rings is 1. The molecule has 0 spiro atoms. The summed E-state index contributed by atoms with van der Waals surface area (Å²) in [6, 6.07) is 10.7. The predicted molar refractivity (Wildman–Crippen MR) is 85.9 cm³/mol. The van der Waals surface area contributed by atoms with E-state index in [9.17, 15) is 4.79 Å². The van der Waals surface area contributed by atoms with Gasteiger partial charge in [0.1, 0.15) is 19.5 Å². The average Bonchev–Trinajstić information content (AvgIpc) is 2.98. The second-order valence-electron chi connectivity index (χ2n) is 5.03. The van der Waals surface area contributed by atoms with Gasteiger partial charge in [-0.15, -0.1) is 0 Å².